The molecule has 0 fully saturated rings. The molecule has 0 saturated carbocycles. The van der Waals surface area contributed by atoms with Gasteiger partial charge >= 0.3 is 0 Å². The molecule has 0 aliphatic rings. The first-order valence-corrected chi connectivity index (χ1v) is 5.60. The van der Waals surface area contributed by atoms with E-state index >= 15 is 0 Å². The van der Waals surface area contributed by atoms with Crippen LogP contribution < -0.4 is 11.5 Å². The van der Waals surface area contributed by atoms with Crippen molar-refractivity contribution in [1.29, 1.82) is 0 Å². The molecule has 0 saturated heterocycles. The zero-order valence-corrected chi connectivity index (χ0v) is 9.77. The van der Waals surface area contributed by atoms with Crippen LogP contribution in [0.15, 0.2) is 18.2 Å². The standard InChI is InChI=1S/C12H18N4/c1-8(2)16-10-5-3-4-9(14)12(10)15-11(16)6-7-13/h3-5,8H,6-7,13-14H2,1-2H3. The minimum atomic E-state index is 0.369. The molecule has 0 amide bonds. The Bertz CT molecular complexity index is 499. The first kappa shape index (κ1) is 11.0. The quantitative estimate of drug-likeness (QED) is 0.770. The Labute approximate surface area is 95.3 Å². The number of nitrogen functional groups attached to an aromatic ring is 1. The molecular formula is C12H18N4. The van der Waals surface area contributed by atoms with Crippen molar-refractivity contribution in [1.82, 2.24) is 9.55 Å². The van der Waals surface area contributed by atoms with Crippen molar-refractivity contribution in [2.24, 2.45) is 5.73 Å². The molecule has 0 bridgehead atoms. The van der Waals surface area contributed by atoms with Gasteiger partial charge in [-0.05, 0) is 32.5 Å². The van der Waals surface area contributed by atoms with E-state index in [1.807, 2.05) is 12.1 Å². The molecule has 2 rings (SSSR count). The number of nitrogens with two attached hydrogens (primary N) is 2. The molecule has 86 valence electrons. The van der Waals surface area contributed by atoms with Gasteiger partial charge in [0.25, 0.3) is 0 Å². The van der Waals surface area contributed by atoms with E-state index in [0.717, 1.165) is 29.0 Å². The maximum Gasteiger partial charge on any atom is 0.112 e. The predicted molar refractivity (Wildman–Crippen MR) is 67.3 cm³/mol. The Kier molecular flexibility index (Phi) is 2.83. The molecule has 1 heterocycles. The van der Waals surface area contributed by atoms with Crippen molar-refractivity contribution in [3.63, 3.8) is 0 Å². The molecule has 0 aliphatic carbocycles. The Morgan fingerprint density at radius 1 is 1.38 bits per heavy atom. The minimum Gasteiger partial charge on any atom is -0.397 e. The summed E-state index contributed by atoms with van der Waals surface area (Å²) in [5.74, 6) is 1.02. The van der Waals surface area contributed by atoms with Gasteiger partial charge in [0.05, 0.1) is 11.2 Å². The Morgan fingerprint density at radius 3 is 2.75 bits per heavy atom. The number of hydrogen-bond donors (Lipinski definition) is 2. The van der Waals surface area contributed by atoms with Crippen molar-refractivity contribution in [3.05, 3.63) is 24.0 Å². The van der Waals surface area contributed by atoms with Crippen LogP contribution in [0.1, 0.15) is 25.7 Å². The van der Waals surface area contributed by atoms with Crippen molar-refractivity contribution in [2.45, 2.75) is 26.3 Å². The van der Waals surface area contributed by atoms with Crippen LogP contribution in [0, 0.1) is 0 Å². The van der Waals surface area contributed by atoms with Crippen LogP contribution in [0.4, 0.5) is 5.69 Å². The number of anilines is 1. The highest BCUT2D eigenvalue weighted by atomic mass is 15.1. The van der Waals surface area contributed by atoms with Crippen LogP contribution in [0.3, 0.4) is 0 Å². The van der Waals surface area contributed by atoms with Gasteiger partial charge in [0.1, 0.15) is 11.3 Å². The van der Waals surface area contributed by atoms with Gasteiger partial charge in [-0.3, -0.25) is 0 Å². The molecule has 1 aromatic heterocycles. The summed E-state index contributed by atoms with van der Waals surface area (Å²) in [6, 6.07) is 6.27. The van der Waals surface area contributed by atoms with E-state index in [4.69, 9.17) is 11.5 Å². The second kappa shape index (κ2) is 4.14. The highest BCUT2D eigenvalue weighted by Gasteiger charge is 2.13. The second-order valence-corrected chi connectivity index (χ2v) is 4.25. The highest BCUT2D eigenvalue weighted by Crippen LogP contribution is 2.25. The molecule has 4 nitrogen and oxygen atoms in total. The van der Waals surface area contributed by atoms with Crippen LogP contribution in [-0.4, -0.2) is 16.1 Å². The molecule has 4 N–H and O–H groups in total. The van der Waals surface area contributed by atoms with Gasteiger partial charge in [-0.15, -0.1) is 0 Å². The van der Waals surface area contributed by atoms with Gasteiger partial charge in [0.15, 0.2) is 0 Å². The molecule has 2 aromatic rings. The third-order valence-corrected chi connectivity index (χ3v) is 2.71. The van der Waals surface area contributed by atoms with Crippen LogP contribution in [0.2, 0.25) is 0 Å². The topological polar surface area (TPSA) is 69.9 Å². The van der Waals surface area contributed by atoms with Gasteiger partial charge in [0, 0.05) is 12.5 Å². The molecule has 0 atom stereocenters. The first-order valence-electron chi connectivity index (χ1n) is 5.60. The summed E-state index contributed by atoms with van der Waals surface area (Å²) in [5.41, 5.74) is 14.2. The molecular weight excluding hydrogens is 200 g/mol. The lowest BCUT2D eigenvalue weighted by atomic mass is 10.2. The number of hydrogen-bond acceptors (Lipinski definition) is 3. The lowest BCUT2D eigenvalue weighted by molar-refractivity contribution is 0.584. The Morgan fingerprint density at radius 2 is 2.12 bits per heavy atom. The molecule has 4 heteroatoms. The highest BCUT2D eigenvalue weighted by molar-refractivity contribution is 5.87. The van der Waals surface area contributed by atoms with E-state index in [0.29, 0.717) is 12.6 Å². The first-order chi connectivity index (χ1) is 7.65. The van der Waals surface area contributed by atoms with Gasteiger partial charge in [-0.25, -0.2) is 4.98 Å². The summed E-state index contributed by atoms with van der Waals surface area (Å²) in [4.78, 5) is 4.58. The lowest BCUT2D eigenvalue weighted by Crippen LogP contribution is -2.11. The number of rotatable bonds is 3. The van der Waals surface area contributed by atoms with E-state index in [1.165, 1.54) is 0 Å². The maximum atomic E-state index is 5.93. The zero-order valence-electron chi connectivity index (χ0n) is 9.77. The van der Waals surface area contributed by atoms with E-state index in [1.54, 1.807) is 0 Å². The van der Waals surface area contributed by atoms with Crippen molar-refractivity contribution in [3.8, 4) is 0 Å². The fourth-order valence-corrected chi connectivity index (χ4v) is 2.07. The monoisotopic (exact) mass is 218 g/mol. The Hall–Kier alpha value is -1.55. The van der Waals surface area contributed by atoms with E-state index < -0.39 is 0 Å². The summed E-state index contributed by atoms with van der Waals surface area (Å²) in [6.45, 7) is 4.89. The van der Waals surface area contributed by atoms with E-state index in [9.17, 15) is 0 Å². The fourth-order valence-electron chi connectivity index (χ4n) is 2.07. The summed E-state index contributed by atoms with van der Waals surface area (Å²) in [5, 5.41) is 0. The Balaban J connectivity index is 2.70. The van der Waals surface area contributed by atoms with Crippen LogP contribution >= 0.6 is 0 Å². The number of aromatic nitrogens is 2. The molecule has 0 unspecified atom stereocenters. The lowest BCUT2D eigenvalue weighted by Gasteiger charge is -2.12. The normalized spacial score (nSPS) is 11.5. The maximum absolute atomic E-state index is 5.93. The molecule has 0 aliphatic heterocycles. The van der Waals surface area contributed by atoms with Gasteiger partial charge in [-0.2, -0.15) is 0 Å². The van der Waals surface area contributed by atoms with Gasteiger partial charge < -0.3 is 16.0 Å². The SMILES string of the molecule is CC(C)n1c(CCN)nc2c(N)cccc21. The minimum absolute atomic E-state index is 0.369. The van der Waals surface area contributed by atoms with E-state index in [2.05, 4.69) is 29.5 Å². The van der Waals surface area contributed by atoms with Crippen molar-refractivity contribution >= 4 is 16.7 Å². The number of benzene rings is 1. The smallest absolute Gasteiger partial charge is 0.112 e. The van der Waals surface area contributed by atoms with E-state index in [-0.39, 0.29) is 0 Å². The summed E-state index contributed by atoms with van der Waals surface area (Å²) < 4.78 is 2.21. The summed E-state index contributed by atoms with van der Waals surface area (Å²) in [6.07, 6.45) is 0.784. The molecule has 16 heavy (non-hydrogen) atoms. The second-order valence-electron chi connectivity index (χ2n) is 4.25. The number of para-hydroxylation sites is 1. The zero-order chi connectivity index (χ0) is 11.7. The number of fused-ring (bicyclic) bond motifs is 1. The van der Waals surface area contributed by atoms with Crippen LogP contribution in [0.25, 0.3) is 11.0 Å². The number of nitrogens with zero attached hydrogens (tertiary/aromatic N) is 2. The molecule has 0 radical (unpaired) electrons. The molecule has 0 spiro atoms. The number of imidazole rings is 1. The average molecular weight is 218 g/mol. The summed E-state index contributed by atoms with van der Waals surface area (Å²) in [7, 11) is 0. The van der Waals surface area contributed by atoms with Crippen LogP contribution in [-0.2, 0) is 6.42 Å². The molecule has 1 aromatic carbocycles. The van der Waals surface area contributed by atoms with Crippen molar-refractivity contribution in [2.75, 3.05) is 12.3 Å². The fraction of sp³-hybridized carbons (Fsp3) is 0.417. The largest absolute Gasteiger partial charge is 0.397 e. The van der Waals surface area contributed by atoms with Gasteiger partial charge in [-0.1, -0.05) is 6.07 Å². The third-order valence-electron chi connectivity index (χ3n) is 2.71. The third kappa shape index (κ3) is 1.65. The summed E-state index contributed by atoms with van der Waals surface area (Å²) >= 11 is 0. The van der Waals surface area contributed by atoms with Gasteiger partial charge in [0.2, 0.25) is 0 Å². The van der Waals surface area contributed by atoms with Crippen LogP contribution in [0.5, 0.6) is 0 Å². The average Bonchev–Trinajstić information content (AvgIpc) is 2.58. The predicted octanol–water partition coefficient (Wildman–Crippen LogP) is 1.70. The van der Waals surface area contributed by atoms with Crippen molar-refractivity contribution < 1.29 is 0 Å².